The van der Waals surface area contributed by atoms with Crippen LogP contribution in [0.5, 0.6) is 5.75 Å². The number of ketones is 2. The quantitative estimate of drug-likeness (QED) is 0.576. The Bertz CT molecular complexity index is 676. The summed E-state index contributed by atoms with van der Waals surface area (Å²) in [5.41, 5.74) is 1.28. The molecule has 0 saturated heterocycles. The van der Waals surface area contributed by atoms with Gasteiger partial charge in [-0.3, -0.25) is 9.59 Å². The molecule has 0 aliphatic heterocycles. The number of carbonyl (C=O) groups is 2. The molecule has 0 atom stereocenters. The van der Waals surface area contributed by atoms with Gasteiger partial charge in [0.15, 0.2) is 18.2 Å². The molecule has 0 fully saturated rings. The summed E-state index contributed by atoms with van der Waals surface area (Å²) >= 11 is 0. The molecule has 0 saturated carbocycles. The van der Waals surface area contributed by atoms with E-state index in [4.69, 9.17) is 4.74 Å². The van der Waals surface area contributed by atoms with Gasteiger partial charge in [0.05, 0.1) is 13.7 Å². The second-order valence-electron chi connectivity index (χ2n) is 5.57. The average Bonchev–Trinajstić information content (AvgIpc) is 2.55. The van der Waals surface area contributed by atoms with E-state index in [9.17, 15) is 9.59 Å². The highest BCUT2D eigenvalue weighted by Gasteiger charge is 2.14. The monoisotopic (exact) mass is 313 g/mol. The zero-order chi connectivity index (χ0) is 16.8. The molecule has 23 heavy (non-hydrogen) atoms. The molecule has 0 N–H and O–H groups in total. The first kappa shape index (κ1) is 16.8. The molecule has 0 bridgehead atoms. The minimum Gasteiger partial charge on any atom is -0.497 e. The first-order valence-electron chi connectivity index (χ1n) is 7.34. The van der Waals surface area contributed by atoms with Crippen LogP contribution in [-0.4, -0.2) is 44.2 Å². The summed E-state index contributed by atoms with van der Waals surface area (Å²) in [6, 6.07) is 10.5. The van der Waals surface area contributed by atoms with Gasteiger partial charge in [0, 0.05) is 23.3 Å². The van der Waals surface area contributed by atoms with Crippen molar-refractivity contribution in [1.29, 1.82) is 0 Å². The molecule has 2 rings (SSSR count). The average molecular weight is 313 g/mol. The van der Waals surface area contributed by atoms with E-state index in [1.165, 1.54) is 0 Å². The van der Waals surface area contributed by atoms with Crippen LogP contribution in [0.25, 0.3) is 0 Å². The standard InChI is InChI=1S/C18H21N2O3/c1-19(2)12-17(21)15-8-10-20(11-9-15)13-18(22)14-4-6-16(23-3)7-5-14/h4-11H,12-13H2,1-3H3/q+1. The van der Waals surface area contributed by atoms with Crippen LogP contribution in [0, 0.1) is 0 Å². The third-order valence-electron chi connectivity index (χ3n) is 3.41. The fraction of sp³-hybridized carbons (Fsp3) is 0.278. The molecule has 1 heterocycles. The number of benzene rings is 1. The van der Waals surface area contributed by atoms with E-state index in [0.29, 0.717) is 17.7 Å². The van der Waals surface area contributed by atoms with E-state index >= 15 is 0 Å². The Hall–Kier alpha value is -2.53. The number of Topliss-reactive ketones (excluding diaryl/α,β-unsaturated/α-hetero) is 2. The molecule has 0 radical (unpaired) electrons. The van der Waals surface area contributed by atoms with Crippen molar-refractivity contribution in [3.05, 3.63) is 59.9 Å². The number of carbonyl (C=O) groups excluding carboxylic acids is 2. The van der Waals surface area contributed by atoms with Crippen LogP contribution >= 0.6 is 0 Å². The fourth-order valence-corrected chi connectivity index (χ4v) is 2.16. The number of ether oxygens (including phenoxy) is 1. The zero-order valence-electron chi connectivity index (χ0n) is 13.7. The predicted octanol–water partition coefficient (Wildman–Crippen LogP) is 1.61. The SMILES string of the molecule is COc1ccc(C(=O)C[n+]2ccc(C(=O)CN(C)C)cc2)cc1. The molecular weight excluding hydrogens is 292 g/mol. The van der Waals surface area contributed by atoms with Crippen LogP contribution < -0.4 is 9.30 Å². The van der Waals surface area contributed by atoms with Gasteiger partial charge >= 0.3 is 0 Å². The molecule has 5 heteroatoms. The molecule has 1 aromatic carbocycles. The van der Waals surface area contributed by atoms with Crippen LogP contribution in [0.15, 0.2) is 48.8 Å². The summed E-state index contributed by atoms with van der Waals surface area (Å²) in [4.78, 5) is 26.0. The maximum absolute atomic E-state index is 12.2. The van der Waals surface area contributed by atoms with Gasteiger partial charge in [-0.1, -0.05) is 0 Å². The highest BCUT2D eigenvalue weighted by Crippen LogP contribution is 2.11. The van der Waals surface area contributed by atoms with Crippen molar-refractivity contribution >= 4 is 11.6 Å². The molecule has 120 valence electrons. The molecule has 0 amide bonds. The van der Waals surface area contributed by atoms with Gasteiger partial charge in [0.2, 0.25) is 12.3 Å². The van der Waals surface area contributed by atoms with Gasteiger partial charge in [-0.05, 0) is 38.4 Å². The number of likely N-dealkylation sites (N-methyl/N-ethyl adjacent to an activating group) is 1. The van der Waals surface area contributed by atoms with Crippen LogP contribution in [0.4, 0.5) is 0 Å². The van der Waals surface area contributed by atoms with Crippen molar-refractivity contribution in [2.45, 2.75) is 6.54 Å². The van der Waals surface area contributed by atoms with E-state index < -0.39 is 0 Å². The molecule has 5 nitrogen and oxygen atoms in total. The third-order valence-corrected chi connectivity index (χ3v) is 3.41. The Labute approximate surface area is 136 Å². The number of nitrogens with zero attached hydrogens (tertiary/aromatic N) is 2. The summed E-state index contributed by atoms with van der Waals surface area (Å²) in [6.45, 7) is 0.600. The number of methoxy groups -OCH3 is 1. The highest BCUT2D eigenvalue weighted by molar-refractivity contribution is 5.97. The van der Waals surface area contributed by atoms with Crippen molar-refractivity contribution in [2.24, 2.45) is 0 Å². The second kappa shape index (κ2) is 7.65. The normalized spacial score (nSPS) is 10.6. The topological polar surface area (TPSA) is 50.5 Å². The van der Waals surface area contributed by atoms with Crippen molar-refractivity contribution in [3.63, 3.8) is 0 Å². The van der Waals surface area contributed by atoms with Gasteiger partial charge in [-0.15, -0.1) is 0 Å². The van der Waals surface area contributed by atoms with Crippen molar-refractivity contribution < 1.29 is 18.9 Å². The van der Waals surface area contributed by atoms with Gasteiger partial charge in [-0.25, -0.2) is 0 Å². The minimum atomic E-state index is 0.00465. The van der Waals surface area contributed by atoms with Crippen molar-refractivity contribution in [2.75, 3.05) is 27.7 Å². The lowest BCUT2D eigenvalue weighted by Crippen LogP contribution is -2.37. The van der Waals surface area contributed by atoms with E-state index in [1.54, 1.807) is 60.5 Å². The van der Waals surface area contributed by atoms with Crippen LogP contribution in [0.2, 0.25) is 0 Å². The maximum Gasteiger partial charge on any atom is 0.227 e. The number of hydrogen-bond acceptors (Lipinski definition) is 4. The first-order chi connectivity index (χ1) is 11.0. The Morgan fingerprint density at radius 2 is 1.52 bits per heavy atom. The lowest BCUT2D eigenvalue weighted by molar-refractivity contribution is -0.683. The lowest BCUT2D eigenvalue weighted by Gasteiger charge is -2.07. The Kier molecular flexibility index (Phi) is 5.60. The van der Waals surface area contributed by atoms with Gasteiger partial charge in [0.25, 0.3) is 0 Å². The molecule has 0 unspecified atom stereocenters. The molecule has 0 aliphatic carbocycles. The summed E-state index contributed by atoms with van der Waals surface area (Å²) in [5.74, 6) is 0.784. The van der Waals surface area contributed by atoms with E-state index in [-0.39, 0.29) is 18.1 Å². The number of rotatable bonds is 7. The zero-order valence-corrected chi connectivity index (χ0v) is 13.7. The van der Waals surface area contributed by atoms with E-state index in [0.717, 1.165) is 5.75 Å². The lowest BCUT2D eigenvalue weighted by atomic mass is 10.1. The Morgan fingerprint density at radius 3 is 2.04 bits per heavy atom. The number of pyridine rings is 1. The van der Waals surface area contributed by atoms with E-state index in [1.807, 2.05) is 19.0 Å². The van der Waals surface area contributed by atoms with Gasteiger partial charge < -0.3 is 9.64 Å². The van der Waals surface area contributed by atoms with Crippen molar-refractivity contribution in [3.8, 4) is 5.75 Å². The van der Waals surface area contributed by atoms with Gasteiger partial charge in [-0.2, -0.15) is 4.57 Å². The third kappa shape index (κ3) is 4.72. The predicted molar refractivity (Wildman–Crippen MR) is 86.8 cm³/mol. The second-order valence-corrected chi connectivity index (χ2v) is 5.57. The highest BCUT2D eigenvalue weighted by atomic mass is 16.5. The Morgan fingerprint density at radius 1 is 0.957 bits per heavy atom. The minimum absolute atomic E-state index is 0.00465. The van der Waals surface area contributed by atoms with Crippen LogP contribution in [-0.2, 0) is 6.54 Å². The van der Waals surface area contributed by atoms with Gasteiger partial charge in [0.1, 0.15) is 5.75 Å². The summed E-state index contributed by atoms with van der Waals surface area (Å²) in [6.07, 6.45) is 3.51. The molecule has 2 aromatic rings. The molecule has 1 aromatic heterocycles. The largest absolute Gasteiger partial charge is 0.497 e. The summed E-state index contributed by atoms with van der Waals surface area (Å²) in [7, 11) is 5.30. The molecular formula is C18H21N2O3+. The van der Waals surface area contributed by atoms with Crippen molar-refractivity contribution in [1.82, 2.24) is 4.90 Å². The summed E-state index contributed by atoms with van der Waals surface area (Å²) < 4.78 is 6.84. The fourth-order valence-electron chi connectivity index (χ4n) is 2.16. The van der Waals surface area contributed by atoms with Crippen LogP contribution in [0.1, 0.15) is 20.7 Å². The molecule has 0 spiro atoms. The summed E-state index contributed by atoms with van der Waals surface area (Å²) in [5, 5.41) is 0. The number of aromatic nitrogens is 1. The van der Waals surface area contributed by atoms with Crippen LogP contribution in [0.3, 0.4) is 0 Å². The molecule has 0 aliphatic rings. The number of hydrogen-bond donors (Lipinski definition) is 0. The smallest absolute Gasteiger partial charge is 0.227 e. The Balaban J connectivity index is 2.02. The maximum atomic E-state index is 12.2. The first-order valence-corrected chi connectivity index (χ1v) is 7.34. The van der Waals surface area contributed by atoms with E-state index in [2.05, 4.69) is 0 Å².